The summed E-state index contributed by atoms with van der Waals surface area (Å²) in [7, 11) is 0. The highest BCUT2D eigenvalue weighted by Gasteiger charge is 2.23. The van der Waals surface area contributed by atoms with Crippen molar-refractivity contribution in [2.75, 3.05) is 0 Å². The Balaban J connectivity index is 3.55. The van der Waals surface area contributed by atoms with Gasteiger partial charge in [0.1, 0.15) is 11.8 Å². The first-order chi connectivity index (χ1) is 7.51. The van der Waals surface area contributed by atoms with Crippen LogP contribution in [0.1, 0.15) is 33.7 Å². The van der Waals surface area contributed by atoms with E-state index in [0.29, 0.717) is 0 Å². The van der Waals surface area contributed by atoms with E-state index in [2.05, 4.69) is 20.9 Å². The second kappa shape index (κ2) is 4.99. The van der Waals surface area contributed by atoms with Crippen LogP contribution in [0.3, 0.4) is 0 Å². The normalized spacial score (nSPS) is 10.2. The lowest BCUT2D eigenvalue weighted by Gasteiger charge is -2.09. The number of nitriles is 1. The minimum absolute atomic E-state index is 0.0392. The van der Waals surface area contributed by atoms with E-state index in [1.807, 2.05) is 0 Å². The van der Waals surface area contributed by atoms with Gasteiger partial charge >= 0.3 is 5.97 Å². The number of nitrogens with zero attached hydrogens (tertiary/aromatic N) is 2. The summed E-state index contributed by atoms with van der Waals surface area (Å²) >= 11 is 2.93. The van der Waals surface area contributed by atoms with Gasteiger partial charge in [-0.15, -0.1) is 0 Å². The zero-order valence-electron chi connectivity index (χ0n) is 7.75. The zero-order chi connectivity index (χ0) is 12.3. The van der Waals surface area contributed by atoms with Crippen LogP contribution >= 0.6 is 15.9 Å². The van der Waals surface area contributed by atoms with Gasteiger partial charge in [0.15, 0.2) is 0 Å². The van der Waals surface area contributed by atoms with Crippen molar-refractivity contribution in [1.29, 1.82) is 5.26 Å². The Morgan fingerprint density at radius 3 is 2.69 bits per heavy atom. The average molecular weight is 291 g/mol. The van der Waals surface area contributed by atoms with E-state index >= 15 is 0 Å². The molecule has 4 nitrogen and oxygen atoms in total. The molecule has 1 heterocycles. The summed E-state index contributed by atoms with van der Waals surface area (Å²) in [4.78, 5) is 14.4. The van der Waals surface area contributed by atoms with Crippen molar-refractivity contribution in [2.24, 2.45) is 0 Å². The van der Waals surface area contributed by atoms with Crippen molar-refractivity contribution in [3.05, 3.63) is 28.6 Å². The van der Waals surface area contributed by atoms with Gasteiger partial charge in [0.25, 0.3) is 6.43 Å². The number of carboxylic acid groups (broad SMARTS) is 1. The van der Waals surface area contributed by atoms with E-state index in [1.165, 1.54) is 0 Å². The molecule has 0 aromatic carbocycles. The molecule has 0 spiro atoms. The number of halogens is 3. The third-order valence-corrected chi connectivity index (χ3v) is 2.36. The van der Waals surface area contributed by atoms with Crippen molar-refractivity contribution < 1.29 is 18.7 Å². The topological polar surface area (TPSA) is 74.0 Å². The number of pyridine rings is 1. The molecule has 0 radical (unpaired) electrons. The van der Waals surface area contributed by atoms with Gasteiger partial charge in [0.2, 0.25) is 0 Å². The Kier molecular flexibility index (Phi) is 3.90. The molecule has 0 saturated carbocycles. The molecule has 1 aromatic rings. The van der Waals surface area contributed by atoms with Gasteiger partial charge in [-0.05, 0) is 6.07 Å². The maximum atomic E-state index is 12.7. The van der Waals surface area contributed by atoms with Crippen LogP contribution in [0.2, 0.25) is 0 Å². The molecule has 0 atom stereocenters. The van der Waals surface area contributed by atoms with Crippen molar-refractivity contribution >= 4 is 21.9 Å². The van der Waals surface area contributed by atoms with Crippen LogP contribution in [-0.4, -0.2) is 16.1 Å². The molecule has 1 N–H and O–H groups in total. The molecular weight excluding hydrogens is 286 g/mol. The first kappa shape index (κ1) is 12.5. The number of aromatic carboxylic acids is 1. The number of rotatable bonds is 3. The first-order valence-electron chi connectivity index (χ1n) is 4.02. The molecule has 0 aliphatic carbocycles. The van der Waals surface area contributed by atoms with Crippen LogP contribution in [0.4, 0.5) is 8.78 Å². The van der Waals surface area contributed by atoms with Crippen LogP contribution in [0.5, 0.6) is 0 Å². The fraction of sp³-hybridized carbons (Fsp3) is 0.222. The molecule has 0 bridgehead atoms. The summed E-state index contributed by atoms with van der Waals surface area (Å²) in [6, 6.07) is 2.47. The van der Waals surface area contributed by atoms with Gasteiger partial charge in [-0.1, -0.05) is 15.9 Å². The van der Waals surface area contributed by atoms with E-state index in [9.17, 15) is 13.6 Å². The molecule has 0 aliphatic rings. The highest BCUT2D eigenvalue weighted by atomic mass is 79.9. The van der Waals surface area contributed by atoms with E-state index in [0.717, 1.165) is 6.07 Å². The number of alkyl halides is 3. The third kappa shape index (κ3) is 2.33. The minimum Gasteiger partial charge on any atom is -0.478 e. The fourth-order valence-corrected chi connectivity index (χ4v) is 1.61. The summed E-state index contributed by atoms with van der Waals surface area (Å²) in [5, 5.41) is 17.3. The lowest BCUT2D eigenvalue weighted by molar-refractivity contribution is 0.0683. The van der Waals surface area contributed by atoms with Gasteiger partial charge in [-0.3, -0.25) is 0 Å². The Morgan fingerprint density at radius 1 is 1.69 bits per heavy atom. The summed E-state index contributed by atoms with van der Waals surface area (Å²) in [5.41, 5.74) is -1.57. The predicted molar refractivity (Wildman–Crippen MR) is 53.5 cm³/mol. The largest absolute Gasteiger partial charge is 0.478 e. The Bertz CT molecular complexity index is 471. The first-order valence-corrected chi connectivity index (χ1v) is 5.14. The van der Waals surface area contributed by atoms with E-state index in [1.54, 1.807) is 6.07 Å². The third-order valence-electron chi connectivity index (χ3n) is 1.83. The van der Waals surface area contributed by atoms with Crippen molar-refractivity contribution in [2.45, 2.75) is 11.8 Å². The SMILES string of the molecule is N#Cc1cc(C(=O)O)c(C(F)F)c(CBr)n1. The van der Waals surface area contributed by atoms with Crippen LogP contribution < -0.4 is 0 Å². The van der Waals surface area contributed by atoms with Gasteiger partial charge in [-0.25, -0.2) is 18.6 Å². The number of aromatic nitrogens is 1. The molecular formula is C9H5BrF2N2O2. The molecule has 7 heteroatoms. The maximum Gasteiger partial charge on any atom is 0.336 e. The lowest BCUT2D eigenvalue weighted by atomic mass is 10.1. The molecule has 0 fully saturated rings. The van der Waals surface area contributed by atoms with Crippen molar-refractivity contribution in [3.63, 3.8) is 0 Å². The summed E-state index contributed by atoms with van der Waals surface area (Å²) in [5.74, 6) is -1.50. The summed E-state index contributed by atoms with van der Waals surface area (Å²) < 4.78 is 25.3. The monoisotopic (exact) mass is 290 g/mol. The van der Waals surface area contributed by atoms with Crippen molar-refractivity contribution in [3.8, 4) is 6.07 Å². The summed E-state index contributed by atoms with van der Waals surface area (Å²) in [6.45, 7) is 0. The molecule has 1 aromatic heterocycles. The Hall–Kier alpha value is -1.55. The molecule has 0 aliphatic heterocycles. The predicted octanol–water partition coefficient (Wildman–Crippen LogP) is 2.48. The molecule has 0 unspecified atom stereocenters. The summed E-state index contributed by atoms with van der Waals surface area (Å²) in [6.07, 6.45) is -2.95. The van der Waals surface area contributed by atoms with Crippen LogP contribution in [-0.2, 0) is 5.33 Å². The van der Waals surface area contributed by atoms with Gasteiger partial charge in [0, 0.05) is 5.33 Å². The number of hydrogen-bond acceptors (Lipinski definition) is 3. The molecule has 0 amide bonds. The number of carboxylic acids is 1. The van der Waals surface area contributed by atoms with Gasteiger partial charge < -0.3 is 5.11 Å². The van der Waals surface area contributed by atoms with E-state index < -0.39 is 23.5 Å². The molecule has 84 valence electrons. The van der Waals surface area contributed by atoms with E-state index in [4.69, 9.17) is 10.4 Å². The number of hydrogen-bond donors (Lipinski definition) is 1. The maximum absolute atomic E-state index is 12.7. The number of carbonyl (C=O) groups is 1. The Labute approximate surface area is 97.7 Å². The van der Waals surface area contributed by atoms with Gasteiger partial charge in [0.05, 0.1) is 16.8 Å². The van der Waals surface area contributed by atoms with Gasteiger partial charge in [-0.2, -0.15) is 5.26 Å². The quantitative estimate of drug-likeness (QED) is 0.868. The second-order valence-electron chi connectivity index (χ2n) is 2.77. The van der Waals surface area contributed by atoms with Crippen LogP contribution in [0.25, 0.3) is 0 Å². The zero-order valence-corrected chi connectivity index (χ0v) is 9.33. The van der Waals surface area contributed by atoms with Crippen LogP contribution in [0, 0.1) is 11.3 Å². The molecule has 16 heavy (non-hydrogen) atoms. The molecule has 0 saturated heterocycles. The second-order valence-corrected chi connectivity index (χ2v) is 3.33. The highest BCUT2D eigenvalue weighted by Crippen LogP contribution is 2.27. The smallest absolute Gasteiger partial charge is 0.336 e. The van der Waals surface area contributed by atoms with Crippen LogP contribution in [0.15, 0.2) is 6.07 Å². The Morgan fingerprint density at radius 2 is 2.31 bits per heavy atom. The minimum atomic E-state index is -2.95. The molecule has 1 rings (SSSR count). The average Bonchev–Trinajstić information content (AvgIpc) is 2.26. The fourth-order valence-electron chi connectivity index (χ4n) is 1.19. The standard InChI is InChI=1S/C9H5BrF2N2O2/c10-2-6-7(8(11)12)5(9(15)16)1-4(3-13)14-6/h1,8H,2H2,(H,15,16). The lowest BCUT2D eigenvalue weighted by Crippen LogP contribution is -2.09. The highest BCUT2D eigenvalue weighted by molar-refractivity contribution is 9.08. The van der Waals surface area contributed by atoms with Crippen molar-refractivity contribution in [1.82, 2.24) is 4.98 Å². The van der Waals surface area contributed by atoms with E-state index in [-0.39, 0.29) is 16.7 Å².